The molecule has 2 heterocycles. The van der Waals surface area contributed by atoms with Gasteiger partial charge < -0.3 is 9.47 Å². The van der Waals surface area contributed by atoms with Gasteiger partial charge in [-0.25, -0.2) is 0 Å². The molecule has 2 aromatic carbocycles. The molecule has 1 amide bonds. The van der Waals surface area contributed by atoms with Crippen LogP contribution in [0.3, 0.4) is 0 Å². The summed E-state index contributed by atoms with van der Waals surface area (Å²) in [6.45, 7) is 6.47. The van der Waals surface area contributed by atoms with Crippen LogP contribution in [0.1, 0.15) is 25.6 Å². The molecule has 0 saturated carbocycles. The van der Waals surface area contributed by atoms with E-state index in [-0.39, 0.29) is 11.8 Å². The minimum absolute atomic E-state index is 0.227. The molecule has 1 aliphatic rings. The summed E-state index contributed by atoms with van der Waals surface area (Å²) in [6.07, 6.45) is 0.797. The molecular weight excluding hydrogens is 428 g/mol. The van der Waals surface area contributed by atoms with Gasteiger partial charge in [0.1, 0.15) is 5.75 Å². The van der Waals surface area contributed by atoms with Gasteiger partial charge in [0.2, 0.25) is 23.2 Å². The van der Waals surface area contributed by atoms with Gasteiger partial charge in [-0.2, -0.15) is 4.98 Å². The van der Waals surface area contributed by atoms with Crippen molar-refractivity contribution in [1.29, 1.82) is 0 Å². The fraction of sp³-hybridized carbons (Fsp3) is 0.174. The lowest BCUT2D eigenvalue weighted by atomic mass is 10.1. The van der Waals surface area contributed by atoms with E-state index in [0.29, 0.717) is 39.2 Å². The summed E-state index contributed by atoms with van der Waals surface area (Å²) in [7, 11) is 0. The summed E-state index contributed by atoms with van der Waals surface area (Å²) in [4.78, 5) is 30.6. The van der Waals surface area contributed by atoms with Crippen LogP contribution in [-0.4, -0.2) is 32.8 Å². The summed E-state index contributed by atoms with van der Waals surface area (Å²) < 4.78 is 11.7. The second-order valence-electron chi connectivity index (χ2n) is 6.86. The van der Waals surface area contributed by atoms with Gasteiger partial charge in [-0.1, -0.05) is 48.2 Å². The van der Waals surface area contributed by atoms with Crippen LogP contribution < -0.4 is 14.4 Å². The number of hydrogen-bond donors (Lipinski definition) is 0. The Morgan fingerprint density at radius 2 is 1.91 bits per heavy atom. The number of carbonyl (C=O) groups excluding carboxylic acids is 2. The molecule has 9 heteroatoms. The van der Waals surface area contributed by atoms with Crippen LogP contribution in [0, 0.1) is 0 Å². The molecule has 0 radical (unpaired) electrons. The third kappa shape index (κ3) is 4.19. The molecule has 1 aliphatic heterocycles. The van der Waals surface area contributed by atoms with E-state index >= 15 is 0 Å². The first-order chi connectivity index (χ1) is 15.5. The number of anilines is 1. The molecule has 0 fully saturated rings. The molecule has 0 N–H and O–H groups in total. The van der Waals surface area contributed by atoms with E-state index in [1.54, 1.807) is 36.4 Å². The van der Waals surface area contributed by atoms with Gasteiger partial charge in [0, 0.05) is 25.2 Å². The first-order valence-corrected chi connectivity index (χ1v) is 10.8. The average molecular weight is 449 g/mol. The largest absolute Gasteiger partial charge is 0.447 e. The highest BCUT2D eigenvalue weighted by Crippen LogP contribution is 2.44. The number of para-hydroxylation sites is 2. The zero-order valence-corrected chi connectivity index (χ0v) is 18.3. The quantitative estimate of drug-likeness (QED) is 0.248. The number of nitrogens with zero attached hydrogens (tertiary/aromatic N) is 4. The van der Waals surface area contributed by atoms with Crippen molar-refractivity contribution in [3.8, 4) is 22.9 Å². The van der Waals surface area contributed by atoms with E-state index in [2.05, 4.69) is 21.8 Å². The van der Waals surface area contributed by atoms with Gasteiger partial charge in [-0.3, -0.25) is 14.5 Å². The second-order valence-corrected chi connectivity index (χ2v) is 7.84. The molecule has 32 heavy (non-hydrogen) atoms. The van der Waals surface area contributed by atoms with E-state index < -0.39 is 12.2 Å². The van der Waals surface area contributed by atoms with Crippen LogP contribution in [0.4, 0.5) is 5.69 Å². The van der Waals surface area contributed by atoms with E-state index in [0.717, 1.165) is 0 Å². The topological polar surface area (TPSA) is 94.5 Å². The summed E-state index contributed by atoms with van der Waals surface area (Å²) >= 11 is 1.36. The van der Waals surface area contributed by atoms with Crippen molar-refractivity contribution >= 4 is 29.3 Å². The van der Waals surface area contributed by atoms with Gasteiger partial charge in [0.15, 0.2) is 5.69 Å². The number of hydrogen-bond acceptors (Lipinski definition) is 8. The van der Waals surface area contributed by atoms with Crippen molar-refractivity contribution in [2.45, 2.75) is 25.2 Å². The predicted octanol–water partition coefficient (Wildman–Crippen LogP) is 4.19. The third-order valence-corrected chi connectivity index (χ3v) is 5.45. The normalized spacial score (nSPS) is 14.4. The molecule has 0 saturated heterocycles. The highest BCUT2D eigenvalue weighted by Gasteiger charge is 2.36. The zero-order chi connectivity index (χ0) is 22.7. The van der Waals surface area contributed by atoms with Gasteiger partial charge in [0.05, 0.1) is 11.3 Å². The lowest BCUT2D eigenvalue weighted by Gasteiger charge is -2.30. The maximum atomic E-state index is 12.9. The number of amides is 1. The van der Waals surface area contributed by atoms with Crippen LogP contribution >= 0.6 is 11.8 Å². The van der Waals surface area contributed by atoms with Crippen LogP contribution in [0.15, 0.2) is 66.3 Å². The van der Waals surface area contributed by atoms with E-state index in [9.17, 15) is 9.59 Å². The van der Waals surface area contributed by atoms with Crippen LogP contribution in [0.5, 0.6) is 11.6 Å². The van der Waals surface area contributed by atoms with Gasteiger partial charge in [-0.15, -0.1) is 16.8 Å². The molecule has 1 atom stereocenters. The monoisotopic (exact) mass is 448 g/mol. The van der Waals surface area contributed by atoms with Gasteiger partial charge in [0.25, 0.3) is 0 Å². The first-order valence-electron chi connectivity index (χ1n) is 9.81. The molecule has 1 aromatic heterocycles. The Labute approximate surface area is 189 Å². The minimum Gasteiger partial charge on any atom is -0.447 e. The Kier molecular flexibility index (Phi) is 6.18. The number of esters is 1. The van der Waals surface area contributed by atoms with Crippen LogP contribution in [-0.2, 0) is 9.59 Å². The number of thioether (sulfide) groups is 1. The average Bonchev–Trinajstić information content (AvgIpc) is 2.92. The Morgan fingerprint density at radius 3 is 2.66 bits per heavy atom. The number of carbonyl (C=O) groups is 2. The van der Waals surface area contributed by atoms with Crippen molar-refractivity contribution in [3.05, 3.63) is 66.7 Å². The number of ether oxygens (including phenoxy) is 2. The number of aromatic nitrogens is 3. The Balaban J connectivity index is 1.93. The summed E-state index contributed by atoms with van der Waals surface area (Å²) in [5.41, 5.74) is 2.16. The smallest absolute Gasteiger partial charge is 0.308 e. The maximum absolute atomic E-state index is 12.9. The molecule has 162 valence electrons. The highest BCUT2D eigenvalue weighted by molar-refractivity contribution is 7.99. The van der Waals surface area contributed by atoms with Crippen molar-refractivity contribution in [1.82, 2.24) is 15.2 Å². The molecule has 0 aliphatic carbocycles. The Morgan fingerprint density at radius 1 is 1.16 bits per heavy atom. The highest BCUT2D eigenvalue weighted by atomic mass is 32.2. The summed E-state index contributed by atoms with van der Waals surface area (Å²) in [5, 5.41) is 8.97. The van der Waals surface area contributed by atoms with E-state index in [1.807, 2.05) is 18.2 Å². The Bertz CT molecular complexity index is 1200. The van der Waals surface area contributed by atoms with Gasteiger partial charge >= 0.3 is 5.97 Å². The molecule has 0 bridgehead atoms. The van der Waals surface area contributed by atoms with Crippen LogP contribution in [0.2, 0.25) is 0 Å². The Hall–Kier alpha value is -3.72. The van der Waals surface area contributed by atoms with E-state index in [4.69, 9.17) is 9.47 Å². The maximum Gasteiger partial charge on any atom is 0.308 e. The first kappa shape index (κ1) is 21.5. The molecule has 8 nitrogen and oxygen atoms in total. The predicted molar refractivity (Wildman–Crippen MR) is 120 cm³/mol. The number of fused-ring (bicyclic) bond motifs is 3. The molecule has 4 rings (SSSR count). The summed E-state index contributed by atoms with van der Waals surface area (Å²) in [5.74, 6) is 0.385. The fourth-order valence-electron chi connectivity index (χ4n) is 3.38. The number of benzene rings is 2. The lowest BCUT2D eigenvalue weighted by Crippen LogP contribution is -2.36. The zero-order valence-electron chi connectivity index (χ0n) is 17.5. The standard InChI is InChI=1S/C23H20N4O4S/c1-4-13-32-23-24-21-20(25-26-23)16-9-5-7-11-18(16)27(14(2)28)22(31-21)17-10-6-8-12-19(17)30-15(3)29/h4-12,22H,1,13H2,2-3H3/t22-/m1/s1. The van der Waals surface area contributed by atoms with Crippen molar-refractivity contribution in [2.75, 3.05) is 10.7 Å². The van der Waals surface area contributed by atoms with Crippen molar-refractivity contribution in [2.24, 2.45) is 0 Å². The molecular formula is C23H20N4O4S. The molecule has 0 unspecified atom stereocenters. The van der Waals surface area contributed by atoms with E-state index in [1.165, 1.54) is 30.5 Å². The molecule has 0 spiro atoms. The van der Waals surface area contributed by atoms with Crippen molar-refractivity contribution < 1.29 is 19.1 Å². The van der Waals surface area contributed by atoms with Crippen LogP contribution in [0.25, 0.3) is 11.3 Å². The lowest BCUT2D eigenvalue weighted by molar-refractivity contribution is -0.132. The fourth-order valence-corrected chi connectivity index (χ4v) is 3.89. The third-order valence-electron chi connectivity index (χ3n) is 4.62. The van der Waals surface area contributed by atoms with Crippen molar-refractivity contribution in [3.63, 3.8) is 0 Å². The summed E-state index contributed by atoms with van der Waals surface area (Å²) in [6, 6.07) is 14.2. The second kappa shape index (κ2) is 9.19. The molecule has 3 aromatic rings. The minimum atomic E-state index is -0.945. The van der Waals surface area contributed by atoms with Gasteiger partial charge in [-0.05, 0) is 18.2 Å². The SMILES string of the molecule is C=CCSc1nnc2c(n1)O[C@H](c1ccccc1OC(C)=O)N(C(C)=O)c1ccccc1-2. The number of rotatable bonds is 5.